The second-order valence-electron chi connectivity index (χ2n) is 7.06. The van der Waals surface area contributed by atoms with Crippen LogP contribution >= 0.6 is 0 Å². The van der Waals surface area contributed by atoms with Crippen molar-refractivity contribution in [3.05, 3.63) is 30.6 Å². The fraction of sp³-hybridized carbons (Fsp3) is 0.421. The monoisotopic (exact) mass is 374 g/mol. The molecule has 8 heteroatoms. The summed E-state index contributed by atoms with van der Waals surface area (Å²) >= 11 is 0. The van der Waals surface area contributed by atoms with E-state index in [-0.39, 0.29) is 5.88 Å². The van der Waals surface area contributed by atoms with E-state index in [9.17, 15) is 4.79 Å². The summed E-state index contributed by atoms with van der Waals surface area (Å²) in [6.07, 6.45) is 2.98. The van der Waals surface area contributed by atoms with Gasteiger partial charge in [-0.3, -0.25) is 4.98 Å². The van der Waals surface area contributed by atoms with Crippen LogP contribution in [0.5, 0.6) is 17.4 Å². The summed E-state index contributed by atoms with van der Waals surface area (Å²) < 4.78 is 16.1. The van der Waals surface area contributed by atoms with Crippen molar-refractivity contribution in [2.75, 3.05) is 13.7 Å². The SMILES string of the molecule is COc1cc(-c2ccnc(OC(N)=O)c2)ncc1OCC(C)(N)CC(C)C. The number of nitrogens with two attached hydrogens (primary N) is 2. The van der Waals surface area contributed by atoms with E-state index in [0.717, 1.165) is 6.42 Å². The van der Waals surface area contributed by atoms with E-state index in [0.29, 0.717) is 35.3 Å². The molecule has 0 aliphatic heterocycles. The molecule has 1 atom stereocenters. The average Bonchev–Trinajstić information content (AvgIpc) is 2.58. The van der Waals surface area contributed by atoms with E-state index in [1.165, 1.54) is 6.20 Å². The molecule has 0 fully saturated rings. The molecule has 146 valence electrons. The summed E-state index contributed by atoms with van der Waals surface area (Å²) in [5, 5.41) is 0. The first-order valence-corrected chi connectivity index (χ1v) is 8.59. The molecular formula is C19H26N4O4. The molecule has 2 aromatic rings. The summed E-state index contributed by atoms with van der Waals surface area (Å²) in [4.78, 5) is 19.2. The Hall–Kier alpha value is -2.87. The van der Waals surface area contributed by atoms with Crippen LogP contribution in [0.4, 0.5) is 4.79 Å². The lowest BCUT2D eigenvalue weighted by Gasteiger charge is -2.27. The number of carbonyl (C=O) groups is 1. The predicted octanol–water partition coefficient (Wildman–Crippen LogP) is 2.75. The number of primary amides is 1. The molecule has 2 aromatic heterocycles. The van der Waals surface area contributed by atoms with Gasteiger partial charge in [-0.1, -0.05) is 13.8 Å². The molecule has 0 aliphatic carbocycles. The van der Waals surface area contributed by atoms with Crippen LogP contribution in [0.2, 0.25) is 0 Å². The van der Waals surface area contributed by atoms with E-state index in [4.69, 9.17) is 25.7 Å². The van der Waals surface area contributed by atoms with Crippen LogP contribution < -0.4 is 25.7 Å². The van der Waals surface area contributed by atoms with E-state index >= 15 is 0 Å². The maximum Gasteiger partial charge on any atom is 0.411 e. The first-order valence-electron chi connectivity index (χ1n) is 8.59. The Bertz CT molecular complexity index is 793. The number of ether oxygens (including phenoxy) is 3. The number of methoxy groups -OCH3 is 1. The van der Waals surface area contributed by atoms with Crippen LogP contribution in [-0.2, 0) is 0 Å². The van der Waals surface area contributed by atoms with Crippen molar-refractivity contribution in [1.82, 2.24) is 9.97 Å². The number of carbonyl (C=O) groups excluding carboxylic acids is 1. The number of pyridine rings is 2. The molecular weight excluding hydrogens is 348 g/mol. The summed E-state index contributed by atoms with van der Waals surface area (Å²) in [7, 11) is 1.55. The van der Waals surface area contributed by atoms with Gasteiger partial charge >= 0.3 is 6.09 Å². The van der Waals surface area contributed by atoms with Crippen molar-refractivity contribution >= 4 is 6.09 Å². The lowest BCUT2D eigenvalue weighted by Crippen LogP contribution is -2.43. The lowest BCUT2D eigenvalue weighted by molar-refractivity contribution is 0.200. The molecule has 1 amide bonds. The third-order valence-corrected chi connectivity index (χ3v) is 3.72. The fourth-order valence-corrected chi connectivity index (χ4v) is 2.81. The third-order valence-electron chi connectivity index (χ3n) is 3.72. The van der Waals surface area contributed by atoms with Crippen molar-refractivity contribution < 1.29 is 19.0 Å². The van der Waals surface area contributed by atoms with Crippen LogP contribution in [0.15, 0.2) is 30.6 Å². The molecule has 0 radical (unpaired) electrons. The van der Waals surface area contributed by atoms with Gasteiger partial charge in [0.05, 0.1) is 19.0 Å². The van der Waals surface area contributed by atoms with Gasteiger partial charge in [0.2, 0.25) is 5.88 Å². The smallest absolute Gasteiger partial charge is 0.411 e. The molecule has 0 saturated carbocycles. The average molecular weight is 374 g/mol. The molecule has 1 unspecified atom stereocenters. The maximum atomic E-state index is 10.9. The molecule has 27 heavy (non-hydrogen) atoms. The minimum Gasteiger partial charge on any atom is -0.493 e. The Labute approximate surface area is 158 Å². The second-order valence-corrected chi connectivity index (χ2v) is 7.06. The molecule has 2 heterocycles. The minimum absolute atomic E-state index is 0.0914. The predicted molar refractivity (Wildman–Crippen MR) is 102 cm³/mol. The zero-order chi connectivity index (χ0) is 20.0. The Balaban J connectivity index is 2.20. The summed E-state index contributed by atoms with van der Waals surface area (Å²) in [6, 6.07) is 5.03. The molecule has 0 bridgehead atoms. The van der Waals surface area contributed by atoms with Gasteiger partial charge in [-0.15, -0.1) is 0 Å². The van der Waals surface area contributed by atoms with Gasteiger partial charge in [0.15, 0.2) is 11.5 Å². The van der Waals surface area contributed by atoms with Crippen molar-refractivity contribution in [1.29, 1.82) is 0 Å². The first-order chi connectivity index (χ1) is 12.7. The summed E-state index contributed by atoms with van der Waals surface area (Å²) in [6.45, 7) is 6.53. The van der Waals surface area contributed by atoms with Gasteiger partial charge in [0.25, 0.3) is 0 Å². The number of hydrogen-bond acceptors (Lipinski definition) is 7. The van der Waals surface area contributed by atoms with E-state index in [1.54, 1.807) is 31.5 Å². The maximum absolute atomic E-state index is 10.9. The van der Waals surface area contributed by atoms with Crippen molar-refractivity contribution in [3.63, 3.8) is 0 Å². The van der Waals surface area contributed by atoms with Gasteiger partial charge in [-0.05, 0) is 25.3 Å². The zero-order valence-electron chi connectivity index (χ0n) is 16.1. The van der Waals surface area contributed by atoms with Gasteiger partial charge in [0.1, 0.15) is 6.61 Å². The Morgan fingerprint density at radius 3 is 2.63 bits per heavy atom. The number of amides is 1. The number of hydrogen-bond donors (Lipinski definition) is 2. The highest BCUT2D eigenvalue weighted by atomic mass is 16.6. The molecule has 0 aliphatic rings. The minimum atomic E-state index is -0.930. The van der Waals surface area contributed by atoms with E-state index in [2.05, 4.69) is 23.8 Å². The van der Waals surface area contributed by atoms with Crippen LogP contribution in [0.1, 0.15) is 27.2 Å². The molecule has 2 rings (SSSR count). The van der Waals surface area contributed by atoms with Crippen molar-refractivity contribution in [3.8, 4) is 28.6 Å². The molecule has 0 saturated heterocycles. The van der Waals surface area contributed by atoms with Gasteiger partial charge < -0.3 is 25.7 Å². The number of nitrogens with zero attached hydrogens (tertiary/aromatic N) is 2. The van der Waals surface area contributed by atoms with E-state index < -0.39 is 11.6 Å². The zero-order valence-corrected chi connectivity index (χ0v) is 16.1. The van der Waals surface area contributed by atoms with Crippen LogP contribution in [0, 0.1) is 5.92 Å². The molecule has 4 N–H and O–H groups in total. The Kier molecular flexibility index (Phi) is 6.57. The fourth-order valence-electron chi connectivity index (χ4n) is 2.81. The molecule has 0 aromatic carbocycles. The standard InChI is InChI=1S/C19H26N4O4/c1-12(2)9-19(3,21)11-26-16-10-23-14(8-15(16)25-4)13-5-6-22-17(7-13)27-18(20)24/h5-8,10,12H,9,11,21H2,1-4H3,(H2,20,24). The van der Waals surface area contributed by atoms with Crippen LogP contribution in [0.25, 0.3) is 11.3 Å². The largest absolute Gasteiger partial charge is 0.493 e. The Morgan fingerprint density at radius 2 is 2.00 bits per heavy atom. The highest BCUT2D eigenvalue weighted by Gasteiger charge is 2.22. The van der Waals surface area contributed by atoms with E-state index in [1.807, 2.05) is 6.92 Å². The Morgan fingerprint density at radius 1 is 1.26 bits per heavy atom. The number of rotatable bonds is 8. The second kappa shape index (κ2) is 8.68. The molecule has 8 nitrogen and oxygen atoms in total. The number of aromatic nitrogens is 2. The van der Waals surface area contributed by atoms with Crippen molar-refractivity contribution in [2.45, 2.75) is 32.7 Å². The highest BCUT2D eigenvalue weighted by Crippen LogP contribution is 2.32. The summed E-state index contributed by atoms with van der Waals surface area (Å²) in [5.74, 6) is 1.59. The normalized spacial score (nSPS) is 13.1. The van der Waals surface area contributed by atoms with Gasteiger partial charge in [0, 0.05) is 29.4 Å². The topological polar surface area (TPSA) is 123 Å². The van der Waals surface area contributed by atoms with Crippen molar-refractivity contribution in [2.24, 2.45) is 17.4 Å². The first kappa shape index (κ1) is 20.4. The van der Waals surface area contributed by atoms with Gasteiger partial charge in [-0.2, -0.15) is 0 Å². The summed E-state index contributed by atoms with van der Waals surface area (Å²) in [5.41, 5.74) is 12.1. The highest BCUT2D eigenvalue weighted by molar-refractivity contribution is 5.69. The third kappa shape index (κ3) is 6.10. The quantitative estimate of drug-likeness (QED) is 0.728. The van der Waals surface area contributed by atoms with Gasteiger partial charge in [-0.25, -0.2) is 9.78 Å². The van der Waals surface area contributed by atoms with Crippen LogP contribution in [0.3, 0.4) is 0 Å². The molecule has 0 spiro atoms. The lowest BCUT2D eigenvalue weighted by atomic mass is 9.93. The van der Waals surface area contributed by atoms with Crippen LogP contribution in [-0.4, -0.2) is 35.3 Å².